The molecular formula is C13H16ClN3O2. The van der Waals surface area contributed by atoms with Gasteiger partial charge >= 0.3 is 0 Å². The van der Waals surface area contributed by atoms with Crippen molar-refractivity contribution in [3.63, 3.8) is 0 Å². The summed E-state index contributed by atoms with van der Waals surface area (Å²) >= 11 is 0. The molecule has 2 heterocycles. The van der Waals surface area contributed by atoms with Crippen LogP contribution >= 0.6 is 12.4 Å². The Bertz CT molecular complexity index is 513. The highest BCUT2D eigenvalue weighted by atomic mass is 35.5. The van der Waals surface area contributed by atoms with Gasteiger partial charge in [0, 0.05) is 17.9 Å². The molecule has 6 heteroatoms. The number of rotatable bonds is 2. The molecule has 1 fully saturated rings. The summed E-state index contributed by atoms with van der Waals surface area (Å²) in [7, 11) is 0. The van der Waals surface area contributed by atoms with Crippen LogP contribution in [0.5, 0.6) is 0 Å². The van der Waals surface area contributed by atoms with Crippen molar-refractivity contribution in [3.05, 3.63) is 23.8 Å². The van der Waals surface area contributed by atoms with Crippen molar-refractivity contribution >= 4 is 35.6 Å². The zero-order chi connectivity index (χ0) is 12.5. The van der Waals surface area contributed by atoms with Crippen LogP contribution in [-0.4, -0.2) is 24.9 Å². The molecule has 1 aromatic rings. The van der Waals surface area contributed by atoms with E-state index in [0.29, 0.717) is 6.42 Å². The van der Waals surface area contributed by atoms with Crippen LogP contribution in [-0.2, 0) is 16.0 Å². The Balaban J connectivity index is 0.00000133. The monoisotopic (exact) mass is 281 g/mol. The molecule has 1 saturated heterocycles. The Morgan fingerprint density at radius 1 is 1.37 bits per heavy atom. The molecule has 0 radical (unpaired) electrons. The number of benzene rings is 1. The van der Waals surface area contributed by atoms with E-state index in [0.717, 1.165) is 36.4 Å². The molecule has 0 spiro atoms. The summed E-state index contributed by atoms with van der Waals surface area (Å²) in [6.45, 7) is 1.65. The van der Waals surface area contributed by atoms with Crippen molar-refractivity contribution in [2.24, 2.45) is 5.92 Å². The number of fused-ring (bicyclic) bond motifs is 1. The lowest BCUT2D eigenvalue weighted by Crippen LogP contribution is -2.24. The molecule has 3 N–H and O–H groups in total. The van der Waals surface area contributed by atoms with E-state index >= 15 is 0 Å². The topological polar surface area (TPSA) is 70.2 Å². The van der Waals surface area contributed by atoms with Crippen LogP contribution in [0, 0.1) is 5.92 Å². The van der Waals surface area contributed by atoms with E-state index in [1.54, 1.807) is 0 Å². The summed E-state index contributed by atoms with van der Waals surface area (Å²) in [6.07, 6.45) is 1.28. The first kappa shape index (κ1) is 13.8. The second kappa shape index (κ2) is 5.59. The number of hydrogen-bond acceptors (Lipinski definition) is 3. The van der Waals surface area contributed by atoms with Gasteiger partial charge in [0.2, 0.25) is 11.8 Å². The molecule has 0 aromatic heterocycles. The number of carbonyl (C=O) groups is 2. The lowest BCUT2D eigenvalue weighted by Gasteiger charge is -2.10. The van der Waals surface area contributed by atoms with Crippen LogP contribution < -0.4 is 16.0 Å². The van der Waals surface area contributed by atoms with Crippen LogP contribution in [0.1, 0.15) is 12.0 Å². The van der Waals surface area contributed by atoms with E-state index in [1.165, 1.54) is 0 Å². The Morgan fingerprint density at radius 2 is 2.21 bits per heavy atom. The molecule has 0 bridgehead atoms. The van der Waals surface area contributed by atoms with Crippen LogP contribution in [0.2, 0.25) is 0 Å². The standard InChI is InChI=1S/C13H15N3O2.ClH/c17-12-6-9-5-10(1-2-11(9)16-12)15-13(18)8-3-4-14-7-8;/h1-2,5,8,14H,3-4,6-7H2,(H,15,18)(H,16,17);1H. The number of halogens is 1. The van der Waals surface area contributed by atoms with Crippen LogP contribution in [0.3, 0.4) is 0 Å². The maximum Gasteiger partial charge on any atom is 0.228 e. The molecule has 0 aliphatic carbocycles. The quantitative estimate of drug-likeness (QED) is 0.762. The Hall–Kier alpha value is -1.59. The van der Waals surface area contributed by atoms with E-state index < -0.39 is 0 Å². The van der Waals surface area contributed by atoms with Crippen molar-refractivity contribution in [1.82, 2.24) is 5.32 Å². The molecule has 2 amide bonds. The number of hydrogen-bond donors (Lipinski definition) is 3. The van der Waals surface area contributed by atoms with Crippen molar-refractivity contribution in [1.29, 1.82) is 0 Å². The summed E-state index contributed by atoms with van der Waals surface area (Å²) in [5.41, 5.74) is 2.56. The van der Waals surface area contributed by atoms with Crippen molar-refractivity contribution < 1.29 is 9.59 Å². The normalized spacial score (nSPS) is 20.4. The average molecular weight is 282 g/mol. The molecule has 102 valence electrons. The highest BCUT2D eigenvalue weighted by molar-refractivity contribution is 6.00. The molecule has 3 rings (SSSR count). The third-order valence-electron chi connectivity index (χ3n) is 3.43. The predicted molar refractivity (Wildman–Crippen MR) is 75.6 cm³/mol. The molecular weight excluding hydrogens is 266 g/mol. The Labute approximate surface area is 117 Å². The van der Waals surface area contributed by atoms with E-state index in [9.17, 15) is 9.59 Å². The summed E-state index contributed by atoms with van der Waals surface area (Å²) in [6, 6.07) is 5.53. The van der Waals surface area contributed by atoms with Gasteiger partial charge < -0.3 is 16.0 Å². The van der Waals surface area contributed by atoms with Gasteiger partial charge in [-0.2, -0.15) is 0 Å². The van der Waals surface area contributed by atoms with Crippen LogP contribution in [0.25, 0.3) is 0 Å². The van der Waals surface area contributed by atoms with E-state index in [1.807, 2.05) is 18.2 Å². The van der Waals surface area contributed by atoms with Gasteiger partial charge in [-0.3, -0.25) is 9.59 Å². The lowest BCUT2D eigenvalue weighted by atomic mass is 10.1. The minimum atomic E-state index is 0. The Morgan fingerprint density at radius 3 is 2.95 bits per heavy atom. The molecule has 2 aliphatic rings. The van der Waals surface area contributed by atoms with Crippen molar-refractivity contribution in [2.45, 2.75) is 12.8 Å². The third-order valence-corrected chi connectivity index (χ3v) is 3.43. The average Bonchev–Trinajstić information content (AvgIpc) is 2.95. The van der Waals surface area contributed by atoms with Crippen molar-refractivity contribution in [3.8, 4) is 0 Å². The van der Waals surface area contributed by atoms with Gasteiger partial charge in [0.1, 0.15) is 0 Å². The first-order valence-corrected chi connectivity index (χ1v) is 6.17. The number of nitrogens with one attached hydrogen (secondary N) is 3. The molecule has 1 atom stereocenters. The van der Waals surface area contributed by atoms with E-state index in [-0.39, 0.29) is 30.1 Å². The van der Waals surface area contributed by atoms with Crippen LogP contribution in [0.15, 0.2) is 18.2 Å². The molecule has 5 nitrogen and oxygen atoms in total. The fraction of sp³-hybridized carbons (Fsp3) is 0.385. The molecule has 19 heavy (non-hydrogen) atoms. The highest BCUT2D eigenvalue weighted by Crippen LogP contribution is 2.26. The van der Waals surface area contributed by atoms with Gasteiger partial charge in [-0.15, -0.1) is 12.4 Å². The highest BCUT2D eigenvalue weighted by Gasteiger charge is 2.23. The van der Waals surface area contributed by atoms with Gasteiger partial charge in [0.05, 0.1) is 12.3 Å². The fourth-order valence-electron chi connectivity index (χ4n) is 2.43. The fourth-order valence-corrected chi connectivity index (χ4v) is 2.43. The summed E-state index contributed by atoms with van der Waals surface area (Å²) in [5.74, 6) is 0.115. The van der Waals surface area contributed by atoms with Gasteiger partial charge in [0.15, 0.2) is 0 Å². The number of carbonyl (C=O) groups excluding carboxylic acids is 2. The largest absolute Gasteiger partial charge is 0.326 e. The van der Waals surface area contributed by atoms with Gasteiger partial charge in [-0.1, -0.05) is 0 Å². The Kier molecular flexibility index (Phi) is 4.07. The SMILES string of the molecule is Cl.O=C1Cc2cc(NC(=O)C3CCNC3)ccc2N1. The van der Waals surface area contributed by atoms with E-state index in [2.05, 4.69) is 16.0 Å². The first-order valence-electron chi connectivity index (χ1n) is 6.17. The van der Waals surface area contributed by atoms with E-state index in [4.69, 9.17) is 0 Å². The second-order valence-corrected chi connectivity index (χ2v) is 4.78. The summed E-state index contributed by atoms with van der Waals surface area (Å²) < 4.78 is 0. The first-order chi connectivity index (χ1) is 8.72. The maximum absolute atomic E-state index is 11.9. The minimum absolute atomic E-state index is 0. The lowest BCUT2D eigenvalue weighted by molar-refractivity contribution is -0.119. The maximum atomic E-state index is 11.9. The van der Waals surface area contributed by atoms with Crippen molar-refractivity contribution in [2.75, 3.05) is 23.7 Å². The summed E-state index contributed by atoms with van der Waals surface area (Å²) in [4.78, 5) is 23.2. The van der Waals surface area contributed by atoms with Gasteiger partial charge in [0.25, 0.3) is 0 Å². The van der Waals surface area contributed by atoms with Gasteiger partial charge in [-0.05, 0) is 36.7 Å². The smallest absolute Gasteiger partial charge is 0.228 e. The third kappa shape index (κ3) is 2.88. The van der Waals surface area contributed by atoms with Gasteiger partial charge in [-0.25, -0.2) is 0 Å². The molecule has 2 aliphatic heterocycles. The summed E-state index contributed by atoms with van der Waals surface area (Å²) in [5, 5.41) is 8.85. The number of anilines is 2. The zero-order valence-electron chi connectivity index (χ0n) is 10.4. The molecule has 0 saturated carbocycles. The predicted octanol–water partition coefficient (Wildman–Crippen LogP) is 1.15. The molecule has 1 unspecified atom stereocenters. The number of amides is 2. The minimum Gasteiger partial charge on any atom is -0.326 e. The second-order valence-electron chi connectivity index (χ2n) is 4.78. The van der Waals surface area contributed by atoms with Crippen LogP contribution in [0.4, 0.5) is 11.4 Å². The zero-order valence-corrected chi connectivity index (χ0v) is 11.2. The molecule has 1 aromatic carbocycles.